The molecular formula is C24H29N3O4S. The third-order valence-corrected chi connectivity index (χ3v) is 6.94. The summed E-state index contributed by atoms with van der Waals surface area (Å²) in [7, 11) is -3.51. The van der Waals surface area contributed by atoms with Crippen molar-refractivity contribution in [1.29, 1.82) is 0 Å². The second-order valence-corrected chi connectivity index (χ2v) is 9.55. The van der Waals surface area contributed by atoms with E-state index in [0.29, 0.717) is 45.4 Å². The van der Waals surface area contributed by atoms with Gasteiger partial charge in [0.25, 0.3) is 0 Å². The van der Waals surface area contributed by atoms with Crippen LogP contribution in [0.5, 0.6) is 0 Å². The lowest BCUT2D eigenvalue weighted by Crippen LogP contribution is -2.43. The fourth-order valence-electron chi connectivity index (χ4n) is 3.56. The number of carbonyl (C=O) groups excluding carboxylic acids is 2. The molecule has 0 aliphatic carbocycles. The van der Waals surface area contributed by atoms with Gasteiger partial charge in [-0.2, -0.15) is 4.31 Å². The van der Waals surface area contributed by atoms with Crippen molar-refractivity contribution in [3.63, 3.8) is 0 Å². The number of hydrogen-bond acceptors (Lipinski definition) is 4. The molecule has 1 aliphatic heterocycles. The van der Waals surface area contributed by atoms with Crippen molar-refractivity contribution in [1.82, 2.24) is 14.9 Å². The molecule has 0 bridgehead atoms. The molecule has 1 heterocycles. The Kier molecular flexibility index (Phi) is 8.58. The molecule has 0 unspecified atom stereocenters. The standard InChI is InChI=1S/C24H29N3O4S/c28-23(19-21-9-5-2-6-10-21)25-14-15-26-24(29)22-11-16-27(17-12-22)32(30,31)18-13-20-7-3-1-4-8-20/h1-10,13,18,22H,11-12,14-17,19H2,(H,25,28)(H,26,29)/b18-13+. The first-order chi connectivity index (χ1) is 15.4. The molecule has 8 heteroatoms. The molecule has 2 aromatic rings. The van der Waals surface area contributed by atoms with E-state index in [1.807, 2.05) is 60.7 Å². The van der Waals surface area contributed by atoms with Crippen molar-refractivity contribution in [3.8, 4) is 0 Å². The van der Waals surface area contributed by atoms with Gasteiger partial charge in [0.2, 0.25) is 21.8 Å². The summed E-state index contributed by atoms with van der Waals surface area (Å²) in [6.45, 7) is 1.33. The van der Waals surface area contributed by atoms with Gasteiger partial charge in [0, 0.05) is 37.5 Å². The smallest absolute Gasteiger partial charge is 0.236 e. The van der Waals surface area contributed by atoms with E-state index in [2.05, 4.69) is 10.6 Å². The van der Waals surface area contributed by atoms with Crippen LogP contribution in [0.25, 0.3) is 6.08 Å². The number of nitrogens with one attached hydrogen (secondary N) is 2. The number of carbonyl (C=O) groups is 2. The molecule has 2 N–H and O–H groups in total. The Bertz CT molecular complexity index is 1020. The molecular weight excluding hydrogens is 426 g/mol. The van der Waals surface area contributed by atoms with Crippen LogP contribution in [-0.4, -0.2) is 50.7 Å². The first-order valence-corrected chi connectivity index (χ1v) is 12.3. The van der Waals surface area contributed by atoms with Crippen LogP contribution in [0.3, 0.4) is 0 Å². The van der Waals surface area contributed by atoms with E-state index in [1.54, 1.807) is 6.08 Å². The highest BCUT2D eigenvalue weighted by atomic mass is 32.2. The average molecular weight is 456 g/mol. The normalized spacial score (nSPS) is 15.5. The second kappa shape index (κ2) is 11.6. The lowest BCUT2D eigenvalue weighted by Gasteiger charge is -2.29. The van der Waals surface area contributed by atoms with Crippen molar-refractivity contribution in [2.24, 2.45) is 5.92 Å². The third kappa shape index (κ3) is 7.32. The predicted octanol–water partition coefficient (Wildman–Crippen LogP) is 2.17. The SMILES string of the molecule is O=C(Cc1ccccc1)NCCNC(=O)C1CCN(S(=O)(=O)/C=C/c2ccccc2)CC1. The van der Waals surface area contributed by atoms with Crippen LogP contribution >= 0.6 is 0 Å². The topological polar surface area (TPSA) is 95.6 Å². The van der Waals surface area contributed by atoms with E-state index in [-0.39, 0.29) is 17.7 Å². The fourth-order valence-corrected chi connectivity index (χ4v) is 4.78. The van der Waals surface area contributed by atoms with Crippen LogP contribution in [0.4, 0.5) is 0 Å². The summed E-state index contributed by atoms with van der Waals surface area (Å²) in [5.41, 5.74) is 1.76. The Balaban J connectivity index is 1.36. The van der Waals surface area contributed by atoms with Crippen molar-refractivity contribution < 1.29 is 18.0 Å². The molecule has 7 nitrogen and oxygen atoms in total. The maximum atomic E-state index is 12.5. The molecule has 1 aliphatic rings. The number of benzene rings is 2. The summed E-state index contributed by atoms with van der Waals surface area (Å²) in [5.74, 6) is -0.411. The Labute approximate surface area is 189 Å². The molecule has 0 radical (unpaired) electrons. The van der Waals surface area contributed by atoms with Crippen LogP contribution in [0.2, 0.25) is 0 Å². The van der Waals surface area contributed by atoms with Crippen LogP contribution in [0.1, 0.15) is 24.0 Å². The first kappa shape index (κ1) is 23.7. The summed E-state index contributed by atoms with van der Waals surface area (Å²) < 4.78 is 26.5. The molecule has 2 amide bonds. The van der Waals surface area contributed by atoms with Gasteiger partial charge in [-0.15, -0.1) is 0 Å². The monoisotopic (exact) mass is 455 g/mol. The van der Waals surface area contributed by atoms with Crippen LogP contribution in [0, 0.1) is 5.92 Å². The minimum Gasteiger partial charge on any atom is -0.354 e. The van der Waals surface area contributed by atoms with Crippen molar-refractivity contribution in [2.45, 2.75) is 19.3 Å². The number of rotatable bonds is 9. The quantitative estimate of drug-likeness (QED) is 0.567. The van der Waals surface area contributed by atoms with Crippen molar-refractivity contribution >= 4 is 27.9 Å². The van der Waals surface area contributed by atoms with Crippen molar-refractivity contribution in [2.75, 3.05) is 26.2 Å². The van der Waals surface area contributed by atoms with Gasteiger partial charge in [0.05, 0.1) is 6.42 Å². The molecule has 3 rings (SSSR count). The van der Waals surface area contributed by atoms with Gasteiger partial charge >= 0.3 is 0 Å². The van der Waals surface area contributed by atoms with E-state index in [0.717, 1.165) is 11.1 Å². The number of amides is 2. The molecule has 1 saturated heterocycles. The number of nitrogens with zero attached hydrogens (tertiary/aromatic N) is 1. The summed E-state index contributed by atoms with van der Waals surface area (Å²) >= 11 is 0. The van der Waals surface area contributed by atoms with Gasteiger partial charge in [-0.3, -0.25) is 9.59 Å². The summed E-state index contributed by atoms with van der Waals surface area (Å²) in [6, 6.07) is 18.7. The summed E-state index contributed by atoms with van der Waals surface area (Å²) in [6.07, 6.45) is 2.84. The zero-order valence-corrected chi connectivity index (χ0v) is 18.8. The Morgan fingerprint density at radius 2 is 1.50 bits per heavy atom. The van der Waals surface area contributed by atoms with Gasteiger partial charge in [-0.1, -0.05) is 60.7 Å². The van der Waals surface area contributed by atoms with Crippen LogP contribution in [0.15, 0.2) is 66.1 Å². The third-order valence-electron chi connectivity index (χ3n) is 5.37. The molecule has 0 saturated carbocycles. The average Bonchev–Trinajstić information content (AvgIpc) is 2.82. The van der Waals surface area contributed by atoms with Gasteiger partial charge in [-0.25, -0.2) is 8.42 Å². The molecule has 2 aromatic carbocycles. The number of sulfonamides is 1. The summed E-state index contributed by atoms with van der Waals surface area (Å²) in [5, 5.41) is 6.85. The fraction of sp³-hybridized carbons (Fsp3) is 0.333. The van der Waals surface area contributed by atoms with Gasteiger partial charge < -0.3 is 10.6 Å². The minimum absolute atomic E-state index is 0.0903. The molecule has 0 aromatic heterocycles. The van der Waals surface area contributed by atoms with Crippen LogP contribution in [-0.2, 0) is 26.0 Å². The van der Waals surface area contributed by atoms with E-state index >= 15 is 0 Å². The molecule has 0 spiro atoms. The number of hydrogen-bond donors (Lipinski definition) is 2. The first-order valence-electron chi connectivity index (χ1n) is 10.8. The zero-order valence-electron chi connectivity index (χ0n) is 17.9. The molecule has 0 atom stereocenters. The van der Waals surface area contributed by atoms with Crippen LogP contribution < -0.4 is 10.6 Å². The van der Waals surface area contributed by atoms with E-state index in [1.165, 1.54) is 9.71 Å². The second-order valence-electron chi connectivity index (χ2n) is 7.74. The van der Waals surface area contributed by atoms with E-state index in [9.17, 15) is 18.0 Å². The number of piperidine rings is 1. The predicted molar refractivity (Wildman–Crippen MR) is 125 cm³/mol. The largest absolute Gasteiger partial charge is 0.354 e. The maximum Gasteiger partial charge on any atom is 0.236 e. The Morgan fingerprint density at radius 3 is 2.16 bits per heavy atom. The van der Waals surface area contributed by atoms with Gasteiger partial charge in [0.1, 0.15) is 0 Å². The summed E-state index contributed by atoms with van der Waals surface area (Å²) in [4.78, 5) is 24.3. The van der Waals surface area contributed by atoms with E-state index in [4.69, 9.17) is 0 Å². The molecule has 32 heavy (non-hydrogen) atoms. The minimum atomic E-state index is -3.51. The molecule has 170 valence electrons. The Morgan fingerprint density at radius 1 is 0.906 bits per heavy atom. The highest BCUT2D eigenvalue weighted by Gasteiger charge is 2.29. The van der Waals surface area contributed by atoms with E-state index < -0.39 is 10.0 Å². The highest BCUT2D eigenvalue weighted by Crippen LogP contribution is 2.21. The van der Waals surface area contributed by atoms with Gasteiger partial charge in [-0.05, 0) is 30.0 Å². The maximum absolute atomic E-state index is 12.5. The van der Waals surface area contributed by atoms with Crippen molar-refractivity contribution in [3.05, 3.63) is 77.2 Å². The van der Waals surface area contributed by atoms with Gasteiger partial charge in [0.15, 0.2) is 0 Å². The zero-order chi connectivity index (χ0) is 22.8. The molecule has 1 fully saturated rings. The Hall–Kier alpha value is -2.97. The lowest BCUT2D eigenvalue weighted by molar-refractivity contribution is -0.126. The highest BCUT2D eigenvalue weighted by molar-refractivity contribution is 7.92. The lowest BCUT2D eigenvalue weighted by atomic mass is 9.97.